The van der Waals surface area contributed by atoms with E-state index in [4.69, 9.17) is 4.42 Å². The summed E-state index contributed by atoms with van der Waals surface area (Å²) in [5, 5.41) is 14.9. The van der Waals surface area contributed by atoms with Gasteiger partial charge in [0, 0.05) is 30.9 Å². The molecule has 250 valence electrons. The lowest BCUT2D eigenvalue weighted by atomic mass is 9.84. The largest absolute Gasteiger partial charge is 0.456 e. The molecule has 12 rings (SSSR count). The van der Waals surface area contributed by atoms with Gasteiger partial charge in [-0.2, -0.15) is 0 Å². The Balaban J connectivity index is 1.21. The van der Waals surface area contributed by atoms with Crippen LogP contribution in [0.25, 0.3) is 119 Å². The number of thiophene rings is 1. The SMILES string of the molecule is c1ccc2cc(-c3c4ccccc4c(-c4ccc5oc6ccc7sc8ccccc8c7c6c5c4)c4cc(-c5cccc6ccccc56)ccc34)ccc2c1. The molecule has 10 aromatic carbocycles. The standard InChI is InChI=1S/C52H30OS/c1-2-12-33-28-35(21-20-31(33)10-1)49-39-15-5-6-16-40(39)50(43-29-34(22-24-41(43)49)38-18-9-13-32-11-3-4-14-37(32)38)36-23-25-45-44(30-36)51-46(53-45)26-27-48-52(51)42-17-7-8-19-47(42)54-48/h1-30H. The van der Waals surface area contributed by atoms with Gasteiger partial charge in [-0.25, -0.2) is 0 Å². The molecule has 1 nitrogen and oxygen atoms in total. The number of hydrogen-bond acceptors (Lipinski definition) is 2. The van der Waals surface area contributed by atoms with Gasteiger partial charge in [0.1, 0.15) is 11.2 Å². The van der Waals surface area contributed by atoms with Gasteiger partial charge >= 0.3 is 0 Å². The van der Waals surface area contributed by atoms with Crippen molar-refractivity contribution in [3.63, 3.8) is 0 Å². The molecule has 0 spiro atoms. The van der Waals surface area contributed by atoms with Gasteiger partial charge in [0.25, 0.3) is 0 Å². The second-order valence-corrected chi connectivity index (χ2v) is 15.5. The molecule has 0 aliphatic rings. The third-order valence-electron chi connectivity index (χ3n) is 11.4. The second-order valence-electron chi connectivity index (χ2n) is 14.4. The zero-order chi connectivity index (χ0) is 35.3. The van der Waals surface area contributed by atoms with E-state index in [1.54, 1.807) is 0 Å². The summed E-state index contributed by atoms with van der Waals surface area (Å²) in [5.74, 6) is 0. The highest BCUT2D eigenvalue weighted by molar-refractivity contribution is 7.26. The van der Waals surface area contributed by atoms with E-state index in [2.05, 4.69) is 182 Å². The van der Waals surface area contributed by atoms with Crippen molar-refractivity contribution in [2.45, 2.75) is 0 Å². The van der Waals surface area contributed by atoms with Crippen molar-refractivity contribution >= 4 is 96.5 Å². The lowest BCUT2D eigenvalue weighted by molar-refractivity contribution is 0.669. The van der Waals surface area contributed by atoms with Gasteiger partial charge < -0.3 is 4.42 Å². The zero-order valence-corrected chi connectivity index (χ0v) is 30.0. The van der Waals surface area contributed by atoms with Crippen LogP contribution in [0.15, 0.2) is 186 Å². The van der Waals surface area contributed by atoms with Crippen LogP contribution in [0.5, 0.6) is 0 Å². The molecule has 0 N–H and O–H groups in total. The third kappa shape index (κ3) is 4.32. The molecule has 0 fully saturated rings. The van der Waals surface area contributed by atoms with Crippen molar-refractivity contribution in [1.29, 1.82) is 0 Å². The van der Waals surface area contributed by atoms with Crippen molar-refractivity contribution in [3.8, 4) is 33.4 Å². The normalized spacial score (nSPS) is 12.1. The Morgan fingerprint density at radius 2 is 0.926 bits per heavy atom. The fourth-order valence-corrected chi connectivity index (χ4v) is 10.1. The lowest BCUT2D eigenvalue weighted by Crippen LogP contribution is -1.92. The second kappa shape index (κ2) is 11.4. The maximum absolute atomic E-state index is 6.58. The van der Waals surface area contributed by atoms with Gasteiger partial charge in [-0.1, -0.05) is 140 Å². The van der Waals surface area contributed by atoms with E-state index in [9.17, 15) is 0 Å². The molecule has 0 aliphatic heterocycles. The Morgan fingerprint density at radius 1 is 0.315 bits per heavy atom. The molecule has 2 aromatic heterocycles. The minimum absolute atomic E-state index is 0.911. The van der Waals surface area contributed by atoms with Crippen molar-refractivity contribution in [2.75, 3.05) is 0 Å². The van der Waals surface area contributed by atoms with Crippen molar-refractivity contribution < 1.29 is 4.42 Å². The molecule has 54 heavy (non-hydrogen) atoms. The van der Waals surface area contributed by atoms with Gasteiger partial charge in [-0.15, -0.1) is 11.3 Å². The van der Waals surface area contributed by atoms with E-state index in [0.29, 0.717) is 0 Å². The number of hydrogen-bond donors (Lipinski definition) is 0. The average molecular weight is 703 g/mol. The summed E-state index contributed by atoms with van der Waals surface area (Å²) in [6.07, 6.45) is 0. The van der Waals surface area contributed by atoms with Crippen molar-refractivity contribution in [3.05, 3.63) is 182 Å². The van der Waals surface area contributed by atoms with Crippen LogP contribution < -0.4 is 0 Å². The first kappa shape index (κ1) is 29.8. The van der Waals surface area contributed by atoms with Crippen LogP contribution in [0, 0.1) is 0 Å². The highest BCUT2D eigenvalue weighted by Gasteiger charge is 2.21. The number of benzene rings is 10. The highest BCUT2D eigenvalue weighted by atomic mass is 32.1. The summed E-state index contributed by atoms with van der Waals surface area (Å²) in [5.41, 5.74) is 9.20. The first-order valence-electron chi connectivity index (χ1n) is 18.5. The number of furan rings is 1. The van der Waals surface area contributed by atoms with Crippen LogP contribution in [0.3, 0.4) is 0 Å². The predicted molar refractivity (Wildman–Crippen MR) is 233 cm³/mol. The van der Waals surface area contributed by atoms with Crippen molar-refractivity contribution in [1.82, 2.24) is 0 Å². The van der Waals surface area contributed by atoms with Crippen LogP contribution in [0.1, 0.15) is 0 Å². The number of rotatable bonds is 3. The molecule has 0 amide bonds. The fourth-order valence-electron chi connectivity index (χ4n) is 9.03. The summed E-state index contributed by atoms with van der Waals surface area (Å²) in [4.78, 5) is 0. The van der Waals surface area contributed by atoms with Crippen LogP contribution >= 0.6 is 11.3 Å². The van der Waals surface area contributed by atoms with Gasteiger partial charge in [0.2, 0.25) is 0 Å². The highest BCUT2D eigenvalue weighted by Crippen LogP contribution is 2.48. The molecular weight excluding hydrogens is 673 g/mol. The summed E-state index contributed by atoms with van der Waals surface area (Å²) in [7, 11) is 0. The molecule has 2 heterocycles. The van der Waals surface area contributed by atoms with E-state index in [0.717, 1.165) is 16.6 Å². The summed E-state index contributed by atoms with van der Waals surface area (Å²) in [6, 6.07) is 66.9. The maximum atomic E-state index is 6.58. The minimum atomic E-state index is 0.911. The van der Waals surface area contributed by atoms with Crippen LogP contribution in [-0.4, -0.2) is 0 Å². The number of fused-ring (bicyclic) bond motifs is 11. The summed E-state index contributed by atoms with van der Waals surface area (Å²) < 4.78 is 9.16. The molecule has 0 saturated carbocycles. The Kier molecular flexibility index (Phi) is 6.28. The van der Waals surface area contributed by atoms with Crippen LogP contribution in [0.2, 0.25) is 0 Å². The van der Waals surface area contributed by atoms with Gasteiger partial charge in [0.15, 0.2) is 0 Å². The quantitative estimate of drug-likeness (QED) is 0.167. The first-order valence-corrected chi connectivity index (χ1v) is 19.3. The molecule has 2 heteroatoms. The monoisotopic (exact) mass is 702 g/mol. The molecule has 0 saturated heterocycles. The van der Waals surface area contributed by atoms with Crippen LogP contribution in [-0.2, 0) is 0 Å². The summed E-state index contributed by atoms with van der Waals surface area (Å²) >= 11 is 1.85. The predicted octanol–water partition coefficient (Wildman–Crippen LogP) is 15.6. The van der Waals surface area contributed by atoms with Gasteiger partial charge in [-0.05, 0) is 119 Å². The Bertz CT molecular complexity index is 3500. The molecule has 12 aromatic rings. The molecule has 0 radical (unpaired) electrons. The zero-order valence-electron chi connectivity index (χ0n) is 29.1. The Morgan fingerprint density at radius 3 is 1.80 bits per heavy atom. The molecular formula is C52H30OS. The topological polar surface area (TPSA) is 13.1 Å². The maximum Gasteiger partial charge on any atom is 0.136 e. The van der Waals surface area contributed by atoms with Gasteiger partial charge in [0.05, 0.1) is 0 Å². The van der Waals surface area contributed by atoms with Gasteiger partial charge in [-0.3, -0.25) is 0 Å². The molecule has 0 unspecified atom stereocenters. The minimum Gasteiger partial charge on any atom is -0.456 e. The van der Waals surface area contributed by atoms with E-state index in [1.807, 2.05) is 11.3 Å². The van der Waals surface area contributed by atoms with Crippen LogP contribution in [0.4, 0.5) is 0 Å². The van der Waals surface area contributed by atoms with E-state index in [1.165, 1.54) is 102 Å². The first-order chi connectivity index (χ1) is 26.8. The molecule has 0 bridgehead atoms. The van der Waals surface area contributed by atoms with Crippen molar-refractivity contribution in [2.24, 2.45) is 0 Å². The average Bonchev–Trinajstić information content (AvgIpc) is 3.80. The third-order valence-corrected chi connectivity index (χ3v) is 12.6. The fraction of sp³-hybridized carbons (Fsp3) is 0. The van der Waals surface area contributed by atoms with E-state index in [-0.39, 0.29) is 0 Å². The molecule has 0 atom stereocenters. The van der Waals surface area contributed by atoms with E-state index >= 15 is 0 Å². The Hall–Kier alpha value is -6.74. The Labute approximate surface area is 314 Å². The van der Waals surface area contributed by atoms with E-state index < -0.39 is 0 Å². The summed E-state index contributed by atoms with van der Waals surface area (Å²) in [6.45, 7) is 0. The molecule has 0 aliphatic carbocycles. The lowest BCUT2D eigenvalue weighted by Gasteiger charge is -2.19. The smallest absolute Gasteiger partial charge is 0.136 e.